The smallest absolute Gasteiger partial charge is 0.293 e. The van der Waals surface area contributed by atoms with Crippen molar-refractivity contribution in [1.29, 1.82) is 0 Å². The van der Waals surface area contributed by atoms with Crippen LogP contribution in [-0.2, 0) is 11.3 Å². The minimum atomic E-state index is -0.307. The molecule has 1 aliphatic heterocycles. The van der Waals surface area contributed by atoms with Gasteiger partial charge in [-0.05, 0) is 72.3 Å². The lowest BCUT2D eigenvalue weighted by molar-refractivity contribution is -0.123. The summed E-state index contributed by atoms with van der Waals surface area (Å²) < 4.78 is 11.4. The van der Waals surface area contributed by atoms with Gasteiger partial charge in [-0.15, -0.1) is 0 Å². The molecule has 2 amide bonds. The monoisotopic (exact) mass is 479 g/mol. The second-order valence-corrected chi connectivity index (χ2v) is 8.91. The molecule has 1 saturated heterocycles. The van der Waals surface area contributed by atoms with E-state index in [0.29, 0.717) is 28.9 Å². The van der Waals surface area contributed by atoms with E-state index in [1.54, 1.807) is 24.3 Å². The summed E-state index contributed by atoms with van der Waals surface area (Å²) in [7, 11) is 0. The largest absolute Gasteiger partial charge is 0.490 e. The number of nitrogens with zero attached hydrogens (tertiary/aromatic N) is 1. The topological polar surface area (TPSA) is 55.8 Å². The molecule has 5 nitrogen and oxygen atoms in total. The Kier molecular flexibility index (Phi) is 7.37. The number of thioether (sulfide) groups is 1. The summed E-state index contributed by atoms with van der Waals surface area (Å²) in [5.74, 6) is 1.20. The van der Waals surface area contributed by atoms with Gasteiger partial charge in [-0.2, -0.15) is 0 Å². The fourth-order valence-corrected chi connectivity index (χ4v) is 4.27. The quantitative estimate of drug-likeness (QED) is 0.278. The second kappa shape index (κ2) is 10.6. The highest BCUT2D eigenvalue weighted by Crippen LogP contribution is 2.33. The molecule has 1 fully saturated rings. The van der Waals surface area contributed by atoms with Gasteiger partial charge in [-0.25, -0.2) is 0 Å². The van der Waals surface area contributed by atoms with Crippen LogP contribution >= 0.6 is 23.4 Å². The predicted octanol–water partition coefficient (Wildman–Crippen LogP) is 6.34. The molecule has 0 aliphatic carbocycles. The molecular weight excluding hydrogens is 458 g/mol. The number of halogens is 1. The zero-order chi connectivity index (χ0) is 23.2. The minimum Gasteiger partial charge on any atom is -0.490 e. The third-order valence-corrected chi connectivity index (χ3v) is 6.07. The van der Waals surface area contributed by atoms with E-state index in [9.17, 15) is 9.59 Å². The van der Waals surface area contributed by atoms with Gasteiger partial charge in [0.25, 0.3) is 11.1 Å². The Hall–Kier alpha value is -3.22. The molecule has 3 aromatic carbocycles. The predicted molar refractivity (Wildman–Crippen MR) is 132 cm³/mol. The van der Waals surface area contributed by atoms with Crippen molar-refractivity contribution >= 4 is 40.6 Å². The number of hydrogen-bond donors (Lipinski definition) is 0. The average molecular weight is 480 g/mol. The fourth-order valence-electron chi connectivity index (χ4n) is 3.22. The van der Waals surface area contributed by atoms with E-state index in [0.717, 1.165) is 28.6 Å². The molecule has 33 heavy (non-hydrogen) atoms. The van der Waals surface area contributed by atoms with Gasteiger partial charge in [-0.3, -0.25) is 14.5 Å². The van der Waals surface area contributed by atoms with E-state index in [2.05, 4.69) is 0 Å². The van der Waals surface area contributed by atoms with Gasteiger partial charge in [0, 0.05) is 5.02 Å². The standard InChI is InChI=1S/C26H22ClNO4S/c1-18-5-9-22(10-6-18)31-13-14-32-23-11-7-19(8-12-23)16-24-25(29)28(26(30)33-24)17-20-3-2-4-21(27)15-20/h2-12,15-16H,13-14,17H2,1H3/b24-16-. The highest BCUT2D eigenvalue weighted by atomic mass is 35.5. The van der Waals surface area contributed by atoms with E-state index in [-0.39, 0.29) is 17.7 Å². The number of benzene rings is 3. The summed E-state index contributed by atoms with van der Waals surface area (Å²) >= 11 is 6.94. The highest BCUT2D eigenvalue weighted by Gasteiger charge is 2.34. The summed E-state index contributed by atoms with van der Waals surface area (Å²) in [6.07, 6.45) is 1.72. The van der Waals surface area contributed by atoms with Crippen molar-refractivity contribution in [1.82, 2.24) is 4.90 Å². The summed E-state index contributed by atoms with van der Waals surface area (Å²) in [6.45, 7) is 3.07. The number of rotatable bonds is 8. The van der Waals surface area contributed by atoms with Crippen molar-refractivity contribution in [2.24, 2.45) is 0 Å². The second-order valence-electron chi connectivity index (χ2n) is 7.48. The molecule has 1 heterocycles. The van der Waals surface area contributed by atoms with E-state index in [4.69, 9.17) is 21.1 Å². The van der Waals surface area contributed by atoms with Crippen LogP contribution in [0.5, 0.6) is 11.5 Å². The molecule has 0 aromatic heterocycles. The average Bonchev–Trinajstić information content (AvgIpc) is 3.06. The summed E-state index contributed by atoms with van der Waals surface area (Å²) in [4.78, 5) is 26.7. The Morgan fingerprint density at radius 2 is 1.55 bits per heavy atom. The van der Waals surface area contributed by atoms with Crippen molar-refractivity contribution in [3.05, 3.63) is 99.4 Å². The number of carbonyl (C=O) groups excluding carboxylic acids is 2. The van der Waals surface area contributed by atoms with Crippen LogP contribution in [0.2, 0.25) is 5.02 Å². The lowest BCUT2D eigenvalue weighted by atomic mass is 10.2. The molecule has 168 valence electrons. The first-order valence-corrected chi connectivity index (χ1v) is 11.6. The minimum absolute atomic E-state index is 0.194. The van der Waals surface area contributed by atoms with Gasteiger partial charge in [-0.1, -0.05) is 53.6 Å². The zero-order valence-corrected chi connectivity index (χ0v) is 19.6. The Bertz CT molecular complexity index is 1180. The summed E-state index contributed by atoms with van der Waals surface area (Å²) in [5, 5.41) is 0.277. The molecule has 3 aromatic rings. The van der Waals surface area contributed by atoms with Crippen LogP contribution in [0.4, 0.5) is 4.79 Å². The molecule has 0 bridgehead atoms. The number of amides is 2. The molecule has 1 aliphatic rings. The van der Waals surface area contributed by atoms with Crippen molar-refractivity contribution < 1.29 is 19.1 Å². The lowest BCUT2D eigenvalue weighted by Gasteiger charge is -2.12. The van der Waals surface area contributed by atoms with Crippen molar-refractivity contribution in [3.8, 4) is 11.5 Å². The van der Waals surface area contributed by atoms with E-state index in [1.807, 2.05) is 61.5 Å². The number of ether oxygens (including phenoxy) is 2. The molecule has 0 N–H and O–H groups in total. The van der Waals surface area contributed by atoms with Gasteiger partial charge in [0.05, 0.1) is 11.4 Å². The molecule has 7 heteroatoms. The molecule has 0 spiro atoms. The van der Waals surface area contributed by atoms with Crippen LogP contribution in [-0.4, -0.2) is 29.3 Å². The van der Waals surface area contributed by atoms with E-state index >= 15 is 0 Å². The van der Waals surface area contributed by atoms with Crippen LogP contribution in [0.25, 0.3) is 6.08 Å². The van der Waals surface area contributed by atoms with Gasteiger partial charge in [0.15, 0.2) is 0 Å². The van der Waals surface area contributed by atoms with Crippen LogP contribution < -0.4 is 9.47 Å². The maximum absolute atomic E-state index is 12.7. The third-order valence-electron chi connectivity index (χ3n) is 4.92. The van der Waals surface area contributed by atoms with Gasteiger partial charge in [0.2, 0.25) is 0 Å². The van der Waals surface area contributed by atoms with Gasteiger partial charge >= 0.3 is 0 Å². The first kappa shape index (κ1) is 23.0. The third kappa shape index (κ3) is 6.18. The first-order chi connectivity index (χ1) is 16.0. The van der Waals surface area contributed by atoms with Crippen molar-refractivity contribution in [2.45, 2.75) is 13.5 Å². The summed E-state index contributed by atoms with van der Waals surface area (Å²) in [6, 6.07) is 22.4. The summed E-state index contributed by atoms with van der Waals surface area (Å²) in [5.41, 5.74) is 2.80. The van der Waals surface area contributed by atoms with Crippen molar-refractivity contribution in [3.63, 3.8) is 0 Å². The Morgan fingerprint density at radius 3 is 2.18 bits per heavy atom. The molecule has 0 saturated carbocycles. The highest BCUT2D eigenvalue weighted by molar-refractivity contribution is 8.18. The Balaban J connectivity index is 1.31. The number of carbonyl (C=O) groups is 2. The first-order valence-electron chi connectivity index (χ1n) is 10.4. The number of imide groups is 1. The van der Waals surface area contributed by atoms with Crippen LogP contribution in [0.3, 0.4) is 0 Å². The van der Waals surface area contributed by atoms with Gasteiger partial charge in [0.1, 0.15) is 24.7 Å². The molecular formula is C26H22ClNO4S. The van der Waals surface area contributed by atoms with E-state index < -0.39 is 0 Å². The normalized spacial score (nSPS) is 14.7. The SMILES string of the molecule is Cc1ccc(OCCOc2ccc(/C=C3\SC(=O)N(Cc4cccc(Cl)c4)C3=O)cc2)cc1. The van der Waals surface area contributed by atoms with E-state index in [1.165, 1.54) is 10.5 Å². The molecule has 0 atom stereocenters. The zero-order valence-electron chi connectivity index (χ0n) is 18.0. The van der Waals surface area contributed by atoms with Crippen LogP contribution in [0.15, 0.2) is 77.7 Å². The Morgan fingerprint density at radius 1 is 0.909 bits per heavy atom. The molecule has 0 radical (unpaired) electrons. The molecule has 0 unspecified atom stereocenters. The Labute approximate surface area is 202 Å². The maximum Gasteiger partial charge on any atom is 0.293 e. The van der Waals surface area contributed by atoms with Crippen LogP contribution in [0, 0.1) is 6.92 Å². The fraction of sp³-hybridized carbons (Fsp3) is 0.154. The van der Waals surface area contributed by atoms with Crippen molar-refractivity contribution in [2.75, 3.05) is 13.2 Å². The maximum atomic E-state index is 12.7. The number of aryl methyl sites for hydroxylation is 1. The molecule has 4 rings (SSSR count). The van der Waals surface area contributed by atoms with Gasteiger partial charge < -0.3 is 9.47 Å². The lowest BCUT2D eigenvalue weighted by Crippen LogP contribution is -2.27. The van der Waals surface area contributed by atoms with Crippen LogP contribution in [0.1, 0.15) is 16.7 Å². The number of hydrogen-bond acceptors (Lipinski definition) is 5.